The number of likely N-dealkylation sites (N-methyl/N-ethyl adjacent to an activating group) is 1. The molecule has 1 unspecified atom stereocenters. The van der Waals surface area contributed by atoms with Crippen LogP contribution in [0.5, 0.6) is 0 Å². The van der Waals surface area contributed by atoms with Crippen molar-refractivity contribution in [3.63, 3.8) is 0 Å². The van der Waals surface area contributed by atoms with E-state index in [-0.39, 0.29) is 12.1 Å². The van der Waals surface area contributed by atoms with Gasteiger partial charge in [-0.2, -0.15) is 0 Å². The zero-order valence-electron chi connectivity index (χ0n) is 14.4. The van der Waals surface area contributed by atoms with E-state index in [1.165, 1.54) is 4.90 Å². The van der Waals surface area contributed by atoms with Gasteiger partial charge in [-0.3, -0.25) is 4.98 Å². The van der Waals surface area contributed by atoms with Gasteiger partial charge in [-0.25, -0.2) is 9.59 Å². The Labute approximate surface area is 137 Å². The summed E-state index contributed by atoms with van der Waals surface area (Å²) < 4.78 is 5.23. The molecule has 1 atom stereocenters. The summed E-state index contributed by atoms with van der Waals surface area (Å²) in [7, 11) is 1.63. The van der Waals surface area contributed by atoms with Crippen LogP contribution in [0.25, 0.3) is 0 Å². The fourth-order valence-electron chi connectivity index (χ4n) is 1.73. The number of nitrogens with one attached hydrogen (secondary N) is 2. The molecule has 0 radical (unpaired) electrons. The maximum atomic E-state index is 11.8. The van der Waals surface area contributed by atoms with E-state index in [1.54, 1.807) is 19.4 Å². The van der Waals surface area contributed by atoms with Gasteiger partial charge in [0.1, 0.15) is 5.60 Å². The number of nitrogens with zero attached hydrogens (tertiary/aromatic N) is 2. The van der Waals surface area contributed by atoms with Crippen molar-refractivity contribution in [1.82, 2.24) is 20.5 Å². The lowest BCUT2D eigenvalue weighted by Crippen LogP contribution is -2.42. The van der Waals surface area contributed by atoms with E-state index in [0.717, 1.165) is 5.56 Å². The first-order valence-electron chi connectivity index (χ1n) is 7.57. The van der Waals surface area contributed by atoms with Crippen LogP contribution in [0.3, 0.4) is 0 Å². The molecular weight excluding hydrogens is 296 g/mol. The summed E-state index contributed by atoms with van der Waals surface area (Å²) in [6, 6.07) is 3.28. The molecule has 0 fully saturated rings. The smallest absolute Gasteiger partial charge is 0.410 e. The van der Waals surface area contributed by atoms with Crippen LogP contribution < -0.4 is 10.6 Å². The molecule has 23 heavy (non-hydrogen) atoms. The Bertz CT molecular complexity index is 514. The van der Waals surface area contributed by atoms with Crippen LogP contribution >= 0.6 is 0 Å². The summed E-state index contributed by atoms with van der Waals surface area (Å²) in [5.74, 6) is 0. The Hall–Kier alpha value is -2.31. The molecule has 0 bridgehead atoms. The van der Waals surface area contributed by atoms with E-state index in [2.05, 4.69) is 15.6 Å². The maximum absolute atomic E-state index is 11.8. The molecule has 0 aliphatic heterocycles. The topological polar surface area (TPSA) is 83.6 Å². The minimum absolute atomic E-state index is 0.146. The van der Waals surface area contributed by atoms with E-state index in [4.69, 9.17) is 4.74 Å². The number of rotatable bonds is 5. The van der Waals surface area contributed by atoms with Crippen LogP contribution in [0.15, 0.2) is 24.5 Å². The number of aromatic nitrogens is 1. The molecule has 2 N–H and O–H groups in total. The summed E-state index contributed by atoms with van der Waals surface area (Å²) >= 11 is 0. The number of hydrogen-bond acceptors (Lipinski definition) is 4. The van der Waals surface area contributed by atoms with Gasteiger partial charge in [-0.05, 0) is 39.3 Å². The van der Waals surface area contributed by atoms with Crippen molar-refractivity contribution in [2.24, 2.45) is 0 Å². The first-order valence-corrected chi connectivity index (χ1v) is 7.57. The second kappa shape index (κ2) is 8.36. The third kappa shape index (κ3) is 7.49. The molecule has 7 nitrogen and oxygen atoms in total. The minimum atomic E-state index is -0.532. The van der Waals surface area contributed by atoms with Crippen LogP contribution in [0, 0.1) is 0 Å². The van der Waals surface area contributed by atoms with Crippen LogP contribution in [-0.2, 0) is 4.74 Å². The van der Waals surface area contributed by atoms with E-state index >= 15 is 0 Å². The Balaban J connectivity index is 2.30. The van der Waals surface area contributed by atoms with E-state index < -0.39 is 11.7 Å². The monoisotopic (exact) mass is 322 g/mol. The molecule has 0 spiro atoms. The largest absolute Gasteiger partial charge is 0.444 e. The Kier molecular flexibility index (Phi) is 6.81. The highest BCUT2D eigenvalue weighted by Gasteiger charge is 2.19. The van der Waals surface area contributed by atoms with Gasteiger partial charge < -0.3 is 20.3 Å². The lowest BCUT2D eigenvalue weighted by atomic mass is 10.1. The lowest BCUT2D eigenvalue weighted by Gasteiger charge is -2.24. The van der Waals surface area contributed by atoms with Crippen molar-refractivity contribution in [3.05, 3.63) is 30.1 Å². The summed E-state index contributed by atoms with van der Waals surface area (Å²) in [6.45, 7) is 8.01. The third-order valence-corrected chi connectivity index (χ3v) is 2.97. The van der Waals surface area contributed by atoms with Gasteiger partial charge in [-0.1, -0.05) is 6.07 Å². The van der Waals surface area contributed by atoms with Gasteiger partial charge in [0, 0.05) is 32.5 Å². The fourth-order valence-corrected chi connectivity index (χ4v) is 1.73. The second-order valence-electron chi connectivity index (χ2n) is 6.31. The van der Waals surface area contributed by atoms with Gasteiger partial charge in [0.05, 0.1) is 6.04 Å². The molecule has 0 saturated carbocycles. The summed E-state index contributed by atoms with van der Waals surface area (Å²) in [5.41, 5.74) is 0.392. The molecule has 7 heteroatoms. The fraction of sp³-hybridized carbons (Fsp3) is 0.562. The van der Waals surface area contributed by atoms with Crippen molar-refractivity contribution in [2.75, 3.05) is 20.1 Å². The van der Waals surface area contributed by atoms with E-state index in [0.29, 0.717) is 13.1 Å². The highest BCUT2D eigenvalue weighted by atomic mass is 16.6. The van der Waals surface area contributed by atoms with Crippen molar-refractivity contribution in [2.45, 2.75) is 39.3 Å². The van der Waals surface area contributed by atoms with E-state index in [9.17, 15) is 9.59 Å². The summed E-state index contributed by atoms with van der Waals surface area (Å²) in [6.07, 6.45) is 2.98. The zero-order valence-corrected chi connectivity index (χ0v) is 14.4. The maximum Gasteiger partial charge on any atom is 0.410 e. The summed E-state index contributed by atoms with van der Waals surface area (Å²) in [4.78, 5) is 29.0. The zero-order chi connectivity index (χ0) is 17.5. The molecule has 1 heterocycles. The first-order chi connectivity index (χ1) is 10.7. The molecule has 0 aliphatic rings. The van der Waals surface area contributed by atoms with Crippen LogP contribution in [0.1, 0.15) is 39.3 Å². The molecular formula is C16H26N4O3. The van der Waals surface area contributed by atoms with Gasteiger partial charge in [0.2, 0.25) is 0 Å². The summed E-state index contributed by atoms with van der Waals surface area (Å²) in [5, 5.41) is 5.52. The predicted molar refractivity (Wildman–Crippen MR) is 88.1 cm³/mol. The predicted octanol–water partition coefficient (Wildman–Crippen LogP) is 2.31. The normalized spacial score (nSPS) is 12.2. The Morgan fingerprint density at radius 1 is 1.39 bits per heavy atom. The molecule has 1 aromatic heterocycles. The number of carbonyl (C=O) groups is 2. The quantitative estimate of drug-likeness (QED) is 0.871. The van der Waals surface area contributed by atoms with Crippen molar-refractivity contribution >= 4 is 12.1 Å². The average molecular weight is 322 g/mol. The molecule has 1 rings (SSSR count). The number of hydrogen-bond donors (Lipinski definition) is 2. The van der Waals surface area contributed by atoms with Crippen molar-refractivity contribution in [1.29, 1.82) is 0 Å². The second-order valence-corrected chi connectivity index (χ2v) is 6.31. The highest BCUT2D eigenvalue weighted by Crippen LogP contribution is 2.09. The number of ether oxygens (including phenoxy) is 1. The van der Waals surface area contributed by atoms with Crippen LogP contribution in [-0.4, -0.2) is 47.7 Å². The molecule has 1 aromatic rings. The van der Waals surface area contributed by atoms with Crippen molar-refractivity contribution in [3.8, 4) is 0 Å². The number of urea groups is 1. The molecule has 0 aromatic carbocycles. The van der Waals surface area contributed by atoms with Gasteiger partial charge in [0.15, 0.2) is 0 Å². The average Bonchev–Trinajstić information content (AvgIpc) is 2.46. The van der Waals surface area contributed by atoms with Gasteiger partial charge in [-0.15, -0.1) is 0 Å². The Morgan fingerprint density at radius 3 is 2.65 bits per heavy atom. The Morgan fingerprint density at radius 2 is 2.09 bits per heavy atom. The van der Waals surface area contributed by atoms with Gasteiger partial charge in [0.25, 0.3) is 0 Å². The van der Waals surface area contributed by atoms with E-state index in [1.807, 2.05) is 39.8 Å². The SMILES string of the molecule is CC(NC(=O)NCCN(C)C(=O)OC(C)(C)C)c1cccnc1. The number of carbonyl (C=O) groups excluding carboxylic acids is 2. The van der Waals surface area contributed by atoms with Crippen LogP contribution in [0.4, 0.5) is 9.59 Å². The van der Waals surface area contributed by atoms with Crippen LogP contribution in [0.2, 0.25) is 0 Å². The number of pyridine rings is 1. The standard InChI is InChI=1S/C16H26N4O3/c1-12(13-7-6-8-17-11-13)19-14(21)18-9-10-20(5)15(22)23-16(2,3)4/h6-8,11-12H,9-10H2,1-5H3,(H2,18,19,21). The minimum Gasteiger partial charge on any atom is -0.444 e. The van der Waals surface area contributed by atoms with Gasteiger partial charge >= 0.3 is 12.1 Å². The lowest BCUT2D eigenvalue weighted by molar-refractivity contribution is 0.0301. The first kappa shape index (κ1) is 18.7. The number of amides is 3. The van der Waals surface area contributed by atoms with Crippen molar-refractivity contribution < 1.29 is 14.3 Å². The molecule has 0 saturated heterocycles. The molecule has 0 aliphatic carbocycles. The third-order valence-electron chi connectivity index (χ3n) is 2.97. The molecule has 3 amide bonds. The molecule has 128 valence electrons. The highest BCUT2D eigenvalue weighted by molar-refractivity contribution is 5.74.